The van der Waals surface area contributed by atoms with Crippen LogP contribution in [0.4, 0.5) is 0 Å². The first-order valence-electron chi connectivity index (χ1n) is 9.05. The number of hydrogen-bond acceptors (Lipinski definition) is 6. The number of Topliss-reactive ketones (excluding diaryl/α,β-unsaturated/α-hetero) is 1. The summed E-state index contributed by atoms with van der Waals surface area (Å²) in [6, 6.07) is 8.40. The zero-order valence-corrected chi connectivity index (χ0v) is 17.3. The topological polar surface area (TPSA) is 86.5 Å². The first-order valence-corrected chi connectivity index (χ1v) is 9.81. The minimum atomic E-state index is -1.40. The number of aliphatic hydroxyl groups is 1. The van der Waals surface area contributed by atoms with Gasteiger partial charge in [0.05, 0.1) is 5.39 Å². The highest BCUT2D eigenvalue weighted by Crippen LogP contribution is 2.37. The highest BCUT2D eigenvalue weighted by Gasteiger charge is 2.43. The molecular weight excluding hydrogens is 417 g/mol. The van der Waals surface area contributed by atoms with Gasteiger partial charge in [0.15, 0.2) is 17.8 Å². The summed E-state index contributed by atoms with van der Waals surface area (Å²) in [5.74, 6) is -1.59. The summed E-state index contributed by atoms with van der Waals surface area (Å²) in [7, 11) is 0. The Labute approximate surface area is 177 Å². The molecule has 4 rings (SSSR count). The van der Waals surface area contributed by atoms with E-state index in [-0.39, 0.29) is 12.2 Å². The third-order valence-corrected chi connectivity index (χ3v) is 5.22. The summed E-state index contributed by atoms with van der Waals surface area (Å²) < 4.78 is 13.7. The van der Waals surface area contributed by atoms with Gasteiger partial charge in [-0.05, 0) is 44.2 Å². The molecule has 29 heavy (non-hydrogen) atoms. The predicted molar refractivity (Wildman–Crippen MR) is 108 cm³/mol. The van der Waals surface area contributed by atoms with E-state index >= 15 is 0 Å². The van der Waals surface area contributed by atoms with Crippen molar-refractivity contribution in [2.24, 2.45) is 0 Å². The van der Waals surface area contributed by atoms with Crippen LogP contribution in [0.25, 0.3) is 11.0 Å². The molecule has 1 aliphatic rings. The van der Waals surface area contributed by atoms with Gasteiger partial charge in [0.1, 0.15) is 29.3 Å². The van der Waals surface area contributed by atoms with E-state index in [1.54, 1.807) is 41.1 Å². The molecule has 0 unspecified atom stereocenters. The van der Waals surface area contributed by atoms with E-state index in [1.165, 1.54) is 20.2 Å². The maximum absolute atomic E-state index is 13.0. The molecule has 0 bridgehead atoms. The van der Waals surface area contributed by atoms with E-state index in [1.807, 2.05) is 0 Å². The van der Waals surface area contributed by atoms with Crippen molar-refractivity contribution in [1.29, 1.82) is 0 Å². The number of aromatic nitrogens is 3. The van der Waals surface area contributed by atoms with Crippen LogP contribution in [-0.2, 0) is 9.47 Å². The molecule has 1 saturated heterocycles. The van der Waals surface area contributed by atoms with Crippen molar-refractivity contribution < 1.29 is 19.4 Å². The monoisotopic (exact) mass is 435 g/mol. The van der Waals surface area contributed by atoms with Crippen molar-refractivity contribution in [2.75, 3.05) is 0 Å². The van der Waals surface area contributed by atoms with Crippen molar-refractivity contribution in [1.82, 2.24) is 14.5 Å². The van der Waals surface area contributed by atoms with Crippen molar-refractivity contribution >= 4 is 40.0 Å². The van der Waals surface area contributed by atoms with Crippen LogP contribution in [0.3, 0.4) is 0 Å². The van der Waals surface area contributed by atoms with Gasteiger partial charge in [-0.25, -0.2) is 9.97 Å². The molecule has 1 N–H and O–H groups in total. The first-order chi connectivity index (χ1) is 13.7. The van der Waals surface area contributed by atoms with Crippen molar-refractivity contribution in [2.45, 2.75) is 44.5 Å². The molecule has 1 aliphatic heterocycles. The van der Waals surface area contributed by atoms with E-state index in [2.05, 4.69) is 9.97 Å². The van der Waals surface area contributed by atoms with E-state index in [9.17, 15) is 9.90 Å². The Hall–Kier alpha value is -2.03. The van der Waals surface area contributed by atoms with Crippen LogP contribution < -0.4 is 0 Å². The second kappa shape index (κ2) is 7.66. The minimum absolute atomic E-state index is 0.183. The number of ether oxygens (including phenoxy) is 2. The Morgan fingerprint density at radius 1 is 1.24 bits per heavy atom. The number of carbonyl (C=O) groups is 1. The number of carbonyl (C=O) groups excluding carboxylic acids is 1. The Bertz CT molecular complexity index is 1050. The number of nitrogens with zero attached hydrogens (tertiary/aromatic N) is 3. The highest BCUT2D eigenvalue weighted by atomic mass is 35.5. The summed E-state index contributed by atoms with van der Waals surface area (Å²) in [5.41, 5.74) is 1.05. The number of hydrogen-bond donors (Lipinski definition) is 1. The summed E-state index contributed by atoms with van der Waals surface area (Å²) in [6.45, 7) is 3.07. The third kappa shape index (κ3) is 4.15. The van der Waals surface area contributed by atoms with Crippen LogP contribution in [0, 0.1) is 0 Å². The van der Waals surface area contributed by atoms with Gasteiger partial charge in [0.25, 0.3) is 0 Å². The lowest BCUT2D eigenvalue weighted by Crippen LogP contribution is -2.33. The van der Waals surface area contributed by atoms with Gasteiger partial charge in [0.2, 0.25) is 0 Å². The summed E-state index contributed by atoms with van der Waals surface area (Å²) in [5, 5.41) is 11.7. The fraction of sp³-hybridized carbons (Fsp3) is 0.350. The van der Waals surface area contributed by atoms with Gasteiger partial charge in [-0.3, -0.25) is 4.79 Å². The van der Waals surface area contributed by atoms with Gasteiger partial charge in [-0.1, -0.05) is 23.2 Å². The average molecular weight is 436 g/mol. The summed E-state index contributed by atoms with van der Waals surface area (Å²) >= 11 is 12.1. The molecule has 0 spiro atoms. The number of rotatable bonds is 5. The largest absolute Gasteiger partial charge is 0.366 e. The number of benzene rings is 1. The van der Waals surface area contributed by atoms with Gasteiger partial charge < -0.3 is 19.1 Å². The van der Waals surface area contributed by atoms with Crippen molar-refractivity contribution in [3.63, 3.8) is 0 Å². The molecule has 3 heterocycles. The zero-order valence-electron chi connectivity index (χ0n) is 15.8. The lowest BCUT2D eigenvalue weighted by molar-refractivity contribution is -0.222. The molecule has 3 atom stereocenters. The van der Waals surface area contributed by atoms with Crippen LogP contribution in [-0.4, -0.2) is 43.4 Å². The normalized spacial score (nSPS) is 22.3. The summed E-state index contributed by atoms with van der Waals surface area (Å²) in [6.07, 6.45) is 1.38. The Morgan fingerprint density at radius 2 is 1.97 bits per heavy atom. The lowest BCUT2D eigenvalue weighted by Gasteiger charge is -2.27. The van der Waals surface area contributed by atoms with Crippen LogP contribution >= 0.6 is 23.2 Å². The number of ketones is 1. The molecule has 0 saturated carbocycles. The van der Waals surface area contributed by atoms with Gasteiger partial charge in [-0.15, -0.1) is 0 Å². The lowest BCUT2D eigenvalue weighted by atomic mass is 10.0. The predicted octanol–water partition coefficient (Wildman–Crippen LogP) is 4.02. The molecule has 7 nitrogen and oxygen atoms in total. The van der Waals surface area contributed by atoms with E-state index < -0.39 is 24.2 Å². The highest BCUT2D eigenvalue weighted by molar-refractivity contribution is 6.33. The maximum atomic E-state index is 13.0. The smallest absolute Gasteiger partial charge is 0.191 e. The van der Waals surface area contributed by atoms with Crippen molar-refractivity contribution in [3.05, 3.63) is 58.6 Å². The van der Waals surface area contributed by atoms with Gasteiger partial charge in [-0.2, -0.15) is 0 Å². The van der Waals surface area contributed by atoms with Crippen LogP contribution in [0.2, 0.25) is 10.2 Å². The fourth-order valence-electron chi connectivity index (χ4n) is 3.47. The Kier molecular flexibility index (Phi) is 5.35. The molecule has 0 aliphatic carbocycles. The van der Waals surface area contributed by atoms with E-state index in [0.717, 1.165) is 0 Å². The number of fused-ring (bicyclic) bond motifs is 1. The SMILES string of the molecule is CC(C)(O)O[C@@H]1C[C@@H](C(=O)c2ccc(Cl)cc2)O[C@H]1n1ccc2c(Cl)ncnc21. The summed E-state index contributed by atoms with van der Waals surface area (Å²) in [4.78, 5) is 21.2. The fourth-order valence-corrected chi connectivity index (χ4v) is 3.79. The minimum Gasteiger partial charge on any atom is -0.366 e. The second-order valence-corrected chi connectivity index (χ2v) is 8.14. The van der Waals surface area contributed by atoms with Gasteiger partial charge >= 0.3 is 0 Å². The standard InChI is InChI=1S/C20H19Cl2N3O4/c1-20(2,27)29-15-9-14(16(26)11-3-5-12(21)6-4-11)28-19(15)25-8-7-13-17(22)23-10-24-18(13)25/h3-8,10,14-15,19,27H,9H2,1-2H3/t14-,15+,19+/m0/s1. The quantitative estimate of drug-likeness (QED) is 0.369. The van der Waals surface area contributed by atoms with E-state index in [4.69, 9.17) is 32.7 Å². The maximum Gasteiger partial charge on any atom is 0.191 e. The van der Waals surface area contributed by atoms with Crippen molar-refractivity contribution in [3.8, 4) is 0 Å². The molecule has 2 aromatic heterocycles. The average Bonchev–Trinajstić information content (AvgIpc) is 3.25. The van der Waals surface area contributed by atoms with E-state index in [0.29, 0.717) is 26.8 Å². The first kappa shape index (κ1) is 20.3. The molecule has 9 heteroatoms. The molecular formula is C20H19Cl2N3O4. The zero-order chi connectivity index (χ0) is 20.8. The second-order valence-electron chi connectivity index (χ2n) is 7.35. The molecule has 1 aromatic carbocycles. The molecule has 3 aromatic rings. The Balaban J connectivity index is 1.68. The van der Waals surface area contributed by atoms with Crippen LogP contribution in [0.1, 0.15) is 36.9 Å². The van der Waals surface area contributed by atoms with Crippen LogP contribution in [0.5, 0.6) is 0 Å². The molecule has 152 valence electrons. The van der Waals surface area contributed by atoms with Crippen LogP contribution in [0.15, 0.2) is 42.9 Å². The van der Waals surface area contributed by atoms with Gasteiger partial charge in [0, 0.05) is 23.2 Å². The molecule has 1 fully saturated rings. The number of halogens is 2. The molecule has 0 radical (unpaired) electrons. The third-order valence-electron chi connectivity index (χ3n) is 4.66. The Morgan fingerprint density at radius 3 is 2.66 bits per heavy atom. The molecule has 0 amide bonds.